The van der Waals surface area contributed by atoms with Crippen LogP contribution in [0.2, 0.25) is 0 Å². The zero-order valence-corrected chi connectivity index (χ0v) is 13.4. The lowest BCUT2D eigenvalue weighted by Crippen LogP contribution is -2.45. The number of rotatable bonds is 3. The molecule has 4 rings (SSSR count). The number of aliphatic imine (C=N–C) groups is 1. The summed E-state index contributed by atoms with van der Waals surface area (Å²) in [5, 5.41) is 0.594. The molecule has 1 saturated heterocycles. The zero-order valence-electron chi connectivity index (χ0n) is 12.6. The molecule has 3 unspecified atom stereocenters. The predicted molar refractivity (Wildman–Crippen MR) is 86.3 cm³/mol. The molecule has 3 heterocycles. The molecular formula is C17H15ClF2N2O2. The molecule has 24 heavy (non-hydrogen) atoms. The Labute approximate surface area is 143 Å². The van der Waals surface area contributed by atoms with E-state index in [-0.39, 0.29) is 17.8 Å². The Bertz CT molecular complexity index is 735. The number of hydrogen-bond acceptors (Lipinski definition) is 4. The molecule has 1 aromatic rings. The van der Waals surface area contributed by atoms with E-state index in [0.717, 1.165) is 12.3 Å². The quantitative estimate of drug-likeness (QED) is 0.828. The van der Waals surface area contributed by atoms with Crippen LogP contribution in [0.4, 0.5) is 8.78 Å². The first kappa shape index (κ1) is 15.6. The number of fused-ring (bicyclic) bond motifs is 3. The van der Waals surface area contributed by atoms with Gasteiger partial charge in [0.15, 0.2) is 0 Å². The molecule has 3 atom stereocenters. The van der Waals surface area contributed by atoms with Gasteiger partial charge in [-0.1, -0.05) is 29.8 Å². The molecule has 1 fully saturated rings. The molecule has 126 valence electrons. The first-order valence-corrected chi connectivity index (χ1v) is 8.08. The molecule has 0 aromatic heterocycles. The number of alkyl halides is 2. The van der Waals surface area contributed by atoms with Crippen LogP contribution < -0.4 is 4.74 Å². The van der Waals surface area contributed by atoms with Crippen molar-refractivity contribution in [3.8, 4) is 5.75 Å². The summed E-state index contributed by atoms with van der Waals surface area (Å²) in [7, 11) is 0. The molecule has 3 aliphatic heterocycles. The first-order valence-electron chi connectivity index (χ1n) is 7.70. The lowest BCUT2D eigenvalue weighted by Gasteiger charge is -2.38. The summed E-state index contributed by atoms with van der Waals surface area (Å²) in [5.74, 6) is 0.950. The minimum atomic E-state index is -2.88. The van der Waals surface area contributed by atoms with Gasteiger partial charge >= 0.3 is 6.61 Å². The van der Waals surface area contributed by atoms with Gasteiger partial charge in [0.05, 0.1) is 17.1 Å². The molecule has 0 aliphatic carbocycles. The van der Waals surface area contributed by atoms with Gasteiger partial charge in [0.25, 0.3) is 0 Å². The Balaban J connectivity index is 1.71. The maximum Gasteiger partial charge on any atom is 0.387 e. The Morgan fingerprint density at radius 2 is 2.12 bits per heavy atom. The number of allylic oxidation sites excluding steroid dienone is 2. The number of hydrogen-bond donors (Lipinski definition) is 0. The molecule has 0 radical (unpaired) electrons. The lowest BCUT2D eigenvalue weighted by atomic mass is 9.91. The summed E-state index contributed by atoms with van der Waals surface area (Å²) in [6, 6.07) is 6.64. The van der Waals surface area contributed by atoms with Crippen molar-refractivity contribution in [2.75, 3.05) is 6.61 Å². The summed E-state index contributed by atoms with van der Waals surface area (Å²) in [6.07, 6.45) is 5.81. The van der Waals surface area contributed by atoms with E-state index in [9.17, 15) is 8.78 Å². The van der Waals surface area contributed by atoms with Crippen molar-refractivity contribution in [1.29, 1.82) is 0 Å². The molecular weight excluding hydrogens is 338 g/mol. The fourth-order valence-electron chi connectivity index (χ4n) is 3.45. The van der Waals surface area contributed by atoms with Crippen LogP contribution in [-0.2, 0) is 4.74 Å². The highest BCUT2D eigenvalue weighted by Gasteiger charge is 2.45. The Kier molecular flexibility index (Phi) is 4.02. The summed E-state index contributed by atoms with van der Waals surface area (Å²) >= 11 is 6.12. The maximum atomic E-state index is 12.7. The molecule has 7 heteroatoms. The number of para-hydroxylation sites is 1. The highest BCUT2D eigenvalue weighted by molar-refractivity contribution is 6.32. The molecule has 0 bridgehead atoms. The van der Waals surface area contributed by atoms with Gasteiger partial charge in [-0.25, -0.2) is 0 Å². The van der Waals surface area contributed by atoms with E-state index in [2.05, 4.69) is 4.74 Å². The molecule has 1 aromatic carbocycles. The van der Waals surface area contributed by atoms with Crippen molar-refractivity contribution in [3.05, 3.63) is 53.2 Å². The number of ether oxygens (including phenoxy) is 2. The summed E-state index contributed by atoms with van der Waals surface area (Å²) in [6.45, 7) is -2.37. The number of halogens is 3. The van der Waals surface area contributed by atoms with Gasteiger partial charge in [0, 0.05) is 18.4 Å². The van der Waals surface area contributed by atoms with E-state index in [1.165, 1.54) is 6.07 Å². The second-order valence-electron chi connectivity index (χ2n) is 5.80. The lowest BCUT2D eigenvalue weighted by molar-refractivity contribution is -0.0588. The second kappa shape index (κ2) is 6.18. The Morgan fingerprint density at radius 1 is 1.29 bits per heavy atom. The fourth-order valence-corrected chi connectivity index (χ4v) is 3.62. The van der Waals surface area contributed by atoms with Gasteiger partial charge in [-0.05, 0) is 24.6 Å². The standard InChI is InChI=1S/C17H15ClF2N2O2/c18-10-5-6-14-21-12-7-8-23-16(15(12)22(14)9-10)11-3-1-2-4-13(11)24-17(19)20/h1-6,9,12,15-17H,7-8H2. The molecule has 0 saturated carbocycles. The van der Waals surface area contributed by atoms with Crippen LogP contribution in [-0.4, -0.2) is 36.0 Å². The average molecular weight is 353 g/mol. The zero-order chi connectivity index (χ0) is 16.7. The normalized spacial score (nSPS) is 28.3. The minimum absolute atomic E-state index is 0.0295. The monoisotopic (exact) mass is 352 g/mol. The van der Waals surface area contributed by atoms with Crippen molar-refractivity contribution in [2.45, 2.75) is 31.2 Å². The summed E-state index contributed by atoms with van der Waals surface area (Å²) in [4.78, 5) is 6.68. The predicted octanol–water partition coefficient (Wildman–Crippen LogP) is 3.85. The molecule has 0 N–H and O–H groups in total. The van der Waals surface area contributed by atoms with E-state index in [1.54, 1.807) is 24.3 Å². The van der Waals surface area contributed by atoms with Crippen LogP contribution in [0.15, 0.2) is 52.6 Å². The molecule has 0 amide bonds. The SMILES string of the molecule is FC(F)Oc1ccccc1C1OCCC2N=C3C=CC(Cl)=CN3C21. The molecule has 0 spiro atoms. The molecule has 4 nitrogen and oxygen atoms in total. The van der Waals surface area contributed by atoms with Crippen molar-refractivity contribution < 1.29 is 18.3 Å². The minimum Gasteiger partial charge on any atom is -0.434 e. The Hall–Kier alpha value is -1.92. The van der Waals surface area contributed by atoms with E-state index in [1.807, 2.05) is 17.2 Å². The third-order valence-corrected chi connectivity index (χ3v) is 4.62. The second-order valence-corrected chi connectivity index (χ2v) is 6.23. The largest absolute Gasteiger partial charge is 0.434 e. The fraction of sp³-hybridized carbons (Fsp3) is 0.353. The molecule has 3 aliphatic rings. The van der Waals surface area contributed by atoms with Crippen LogP contribution in [0.3, 0.4) is 0 Å². The van der Waals surface area contributed by atoms with Crippen LogP contribution in [0.1, 0.15) is 18.1 Å². The third-order valence-electron chi connectivity index (χ3n) is 4.39. The first-order chi connectivity index (χ1) is 11.6. The van der Waals surface area contributed by atoms with Gasteiger partial charge in [-0.2, -0.15) is 8.78 Å². The highest BCUT2D eigenvalue weighted by atomic mass is 35.5. The van der Waals surface area contributed by atoms with Crippen LogP contribution in [0.5, 0.6) is 5.75 Å². The maximum absolute atomic E-state index is 12.7. The number of amidine groups is 1. The smallest absolute Gasteiger partial charge is 0.387 e. The highest BCUT2D eigenvalue weighted by Crippen LogP contribution is 2.42. The van der Waals surface area contributed by atoms with E-state index in [4.69, 9.17) is 21.3 Å². The van der Waals surface area contributed by atoms with Gasteiger partial charge in [0.2, 0.25) is 0 Å². The third kappa shape index (κ3) is 2.70. The van der Waals surface area contributed by atoms with Crippen molar-refractivity contribution in [2.24, 2.45) is 4.99 Å². The van der Waals surface area contributed by atoms with Crippen LogP contribution in [0.25, 0.3) is 0 Å². The van der Waals surface area contributed by atoms with E-state index < -0.39 is 12.7 Å². The van der Waals surface area contributed by atoms with E-state index >= 15 is 0 Å². The number of benzene rings is 1. The Morgan fingerprint density at radius 3 is 2.96 bits per heavy atom. The van der Waals surface area contributed by atoms with Crippen molar-refractivity contribution in [3.63, 3.8) is 0 Å². The van der Waals surface area contributed by atoms with Gasteiger partial charge in [-0.3, -0.25) is 4.99 Å². The summed E-state index contributed by atoms with van der Waals surface area (Å²) < 4.78 is 36.1. The van der Waals surface area contributed by atoms with E-state index in [0.29, 0.717) is 17.2 Å². The van der Waals surface area contributed by atoms with Crippen molar-refractivity contribution >= 4 is 17.4 Å². The van der Waals surface area contributed by atoms with Gasteiger partial charge in [-0.15, -0.1) is 0 Å². The van der Waals surface area contributed by atoms with Gasteiger partial charge < -0.3 is 14.4 Å². The van der Waals surface area contributed by atoms with Gasteiger partial charge in [0.1, 0.15) is 17.7 Å². The topological polar surface area (TPSA) is 34.1 Å². The van der Waals surface area contributed by atoms with Crippen LogP contribution in [0, 0.1) is 0 Å². The van der Waals surface area contributed by atoms with Crippen molar-refractivity contribution in [1.82, 2.24) is 4.90 Å². The summed E-state index contributed by atoms with van der Waals surface area (Å²) in [5.41, 5.74) is 0.600. The van der Waals surface area contributed by atoms with Crippen LogP contribution >= 0.6 is 11.6 Å². The average Bonchev–Trinajstić information content (AvgIpc) is 2.93. The number of nitrogens with zero attached hydrogens (tertiary/aromatic N) is 2.